The van der Waals surface area contributed by atoms with Crippen molar-refractivity contribution in [1.29, 1.82) is 0 Å². The third-order valence-electron chi connectivity index (χ3n) is 3.76. The van der Waals surface area contributed by atoms with Gasteiger partial charge < -0.3 is 5.32 Å². The molecule has 106 valence electrons. The zero-order valence-electron chi connectivity index (χ0n) is 11.9. The van der Waals surface area contributed by atoms with Crippen molar-refractivity contribution in [3.8, 4) is 0 Å². The van der Waals surface area contributed by atoms with E-state index in [9.17, 15) is 4.39 Å². The maximum atomic E-state index is 14.1. The smallest absolute Gasteiger partial charge is 0.137 e. The highest BCUT2D eigenvalue weighted by molar-refractivity contribution is 8.00. The zero-order chi connectivity index (χ0) is 13.7. The first kappa shape index (κ1) is 14.9. The number of hydrogen-bond donors (Lipinski definition) is 1. The lowest BCUT2D eigenvalue weighted by Gasteiger charge is -2.26. The molecule has 1 aliphatic carbocycles. The molecule has 1 fully saturated rings. The van der Waals surface area contributed by atoms with Gasteiger partial charge in [-0.25, -0.2) is 4.39 Å². The molecule has 0 bridgehead atoms. The Morgan fingerprint density at radius 2 is 2.21 bits per heavy atom. The van der Waals surface area contributed by atoms with Crippen LogP contribution in [-0.2, 0) is 6.54 Å². The fourth-order valence-electron chi connectivity index (χ4n) is 2.68. The fourth-order valence-corrected chi connectivity index (χ4v) is 4.07. The summed E-state index contributed by atoms with van der Waals surface area (Å²) >= 11 is 1.73. The molecule has 1 aromatic rings. The van der Waals surface area contributed by atoms with Crippen LogP contribution in [-0.4, -0.2) is 11.8 Å². The quantitative estimate of drug-likeness (QED) is 0.846. The standard InChI is InChI=1S/C16H24FNS/c1-3-18-11-13-7-8-16(15(17)10-13)19-14-6-4-5-12(2)9-14/h7-8,10,12,14,18H,3-6,9,11H2,1-2H3. The Hall–Kier alpha value is -0.540. The minimum absolute atomic E-state index is 0.0568. The highest BCUT2D eigenvalue weighted by atomic mass is 32.2. The predicted molar refractivity (Wildman–Crippen MR) is 81.1 cm³/mol. The molecular weight excluding hydrogens is 257 g/mol. The lowest BCUT2D eigenvalue weighted by atomic mass is 9.91. The molecule has 3 heteroatoms. The number of thioether (sulfide) groups is 1. The summed E-state index contributed by atoms with van der Waals surface area (Å²) in [6, 6.07) is 5.67. The van der Waals surface area contributed by atoms with E-state index in [1.54, 1.807) is 17.8 Å². The Bertz CT molecular complexity index is 408. The minimum Gasteiger partial charge on any atom is -0.313 e. The summed E-state index contributed by atoms with van der Waals surface area (Å²) in [6.45, 7) is 6.03. The third kappa shape index (κ3) is 4.50. The molecule has 1 N–H and O–H groups in total. The average Bonchev–Trinajstić information content (AvgIpc) is 2.39. The van der Waals surface area contributed by atoms with Crippen molar-refractivity contribution in [2.75, 3.05) is 6.54 Å². The summed E-state index contributed by atoms with van der Waals surface area (Å²) in [5.41, 5.74) is 1.03. The molecular formula is C16H24FNS. The minimum atomic E-state index is -0.0568. The molecule has 0 spiro atoms. The largest absolute Gasteiger partial charge is 0.313 e. The third-order valence-corrected chi connectivity index (χ3v) is 5.10. The first-order valence-corrected chi connectivity index (χ1v) is 8.22. The molecule has 0 radical (unpaired) electrons. The second-order valence-electron chi connectivity index (χ2n) is 5.56. The van der Waals surface area contributed by atoms with Crippen LogP contribution in [0.25, 0.3) is 0 Å². The van der Waals surface area contributed by atoms with Gasteiger partial charge in [-0.3, -0.25) is 0 Å². The van der Waals surface area contributed by atoms with Crippen molar-refractivity contribution < 1.29 is 4.39 Å². The number of nitrogens with one attached hydrogen (secondary N) is 1. The maximum absolute atomic E-state index is 14.1. The molecule has 0 heterocycles. The van der Waals surface area contributed by atoms with Crippen molar-refractivity contribution >= 4 is 11.8 Å². The van der Waals surface area contributed by atoms with Gasteiger partial charge in [0.2, 0.25) is 0 Å². The lowest BCUT2D eigenvalue weighted by Crippen LogP contribution is -2.15. The molecule has 1 nitrogen and oxygen atoms in total. The SMILES string of the molecule is CCNCc1ccc(SC2CCCC(C)C2)c(F)c1. The van der Waals surface area contributed by atoms with Gasteiger partial charge in [0.25, 0.3) is 0 Å². The van der Waals surface area contributed by atoms with Gasteiger partial charge in [0.05, 0.1) is 0 Å². The number of rotatable bonds is 5. The van der Waals surface area contributed by atoms with Gasteiger partial charge >= 0.3 is 0 Å². The van der Waals surface area contributed by atoms with Crippen LogP contribution in [0.5, 0.6) is 0 Å². The van der Waals surface area contributed by atoms with Crippen molar-refractivity contribution in [2.24, 2.45) is 5.92 Å². The fraction of sp³-hybridized carbons (Fsp3) is 0.625. The summed E-state index contributed by atoms with van der Waals surface area (Å²) in [4.78, 5) is 0.819. The zero-order valence-corrected chi connectivity index (χ0v) is 12.7. The van der Waals surface area contributed by atoms with Crippen molar-refractivity contribution in [3.63, 3.8) is 0 Å². The van der Waals surface area contributed by atoms with E-state index >= 15 is 0 Å². The van der Waals surface area contributed by atoms with Crippen LogP contribution in [0.1, 0.15) is 45.1 Å². The van der Waals surface area contributed by atoms with Gasteiger partial charge in [0.1, 0.15) is 5.82 Å². The predicted octanol–water partition coefficient (Wildman–Crippen LogP) is 4.61. The Morgan fingerprint density at radius 3 is 2.89 bits per heavy atom. The molecule has 2 atom stereocenters. The molecule has 1 saturated carbocycles. The lowest BCUT2D eigenvalue weighted by molar-refractivity contribution is 0.394. The topological polar surface area (TPSA) is 12.0 Å². The average molecular weight is 281 g/mol. The summed E-state index contributed by atoms with van der Waals surface area (Å²) in [6.07, 6.45) is 5.08. The molecule has 0 aliphatic heterocycles. The molecule has 0 amide bonds. The highest BCUT2D eigenvalue weighted by Crippen LogP contribution is 2.37. The summed E-state index contributed by atoms with van der Waals surface area (Å²) in [5.74, 6) is 0.737. The van der Waals surface area contributed by atoms with E-state index < -0.39 is 0 Å². The highest BCUT2D eigenvalue weighted by Gasteiger charge is 2.20. The van der Waals surface area contributed by atoms with Gasteiger partial charge in [0, 0.05) is 16.7 Å². The molecule has 1 aliphatic rings. The van der Waals surface area contributed by atoms with E-state index in [1.807, 2.05) is 12.1 Å². The van der Waals surface area contributed by atoms with E-state index in [2.05, 4.69) is 19.2 Å². The normalized spacial score (nSPS) is 23.5. The molecule has 2 rings (SSSR count). The Labute approximate surface area is 120 Å². The Morgan fingerprint density at radius 1 is 1.37 bits per heavy atom. The number of halogens is 1. The van der Waals surface area contributed by atoms with Crippen molar-refractivity contribution in [2.45, 2.75) is 56.2 Å². The van der Waals surface area contributed by atoms with Gasteiger partial charge in [-0.1, -0.05) is 32.8 Å². The summed E-state index contributed by atoms with van der Waals surface area (Å²) in [5, 5.41) is 3.82. The van der Waals surface area contributed by atoms with Crippen LogP contribution in [0.3, 0.4) is 0 Å². The van der Waals surface area contributed by atoms with Crippen LogP contribution in [0.4, 0.5) is 4.39 Å². The first-order chi connectivity index (χ1) is 9.19. The van der Waals surface area contributed by atoms with Crippen LogP contribution < -0.4 is 5.32 Å². The van der Waals surface area contributed by atoms with E-state index in [4.69, 9.17) is 0 Å². The van der Waals surface area contributed by atoms with Crippen LogP contribution >= 0.6 is 11.8 Å². The molecule has 1 aromatic carbocycles. The first-order valence-electron chi connectivity index (χ1n) is 7.34. The summed E-state index contributed by atoms with van der Waals surface area (Å²) < 4.78 is 14.1. The van der Waals surface area contributed by atoms with Crippen LogP contribution in [0, 0.1) is 11.7 Å². The van der Waals surface area contributed by atoms with Gasteiger partial charge in [-0.2, -0.15) is 0 Å². The van der Waals surface area contributed by atoms with Crippen LogP contribution in [0.15, 0.2) is 23.1 Å². The maximum Gasteiger partial charge on any atom is 0.137 e. The van der Waals surface area contributed by atoms with E-state index in [0.717, 1.165) is 29.5 Å². The molecule has 0 aromatic heterocycles. The van der Waals surface area contributed by atoms with Gasteiger partial charge in [-0.15, -0.1) is 11.8 Å². The Kier molecular flexibility index (Phi) is 5.71. The molecule has 19 heavy (non-hydrogen) atoms. The second kappa shape index (κ2) is 7.30. The molecule has 0 saturated heterocycles. The van der Waals surface area contributed by atoms with Gasteiger partial charge in [0.15, 0.2) is 0 Å². The Balaban J connectivity index is 1.96. The van der Waals surface area contributed by atoms with E-state index in [0.29, 0.717) is 5.25 Å². The van der Waals surface area contributed by atoms with Crippen molar-refractivity contribution in [1.82, 2.24) is 5.32 Å². The van der Waals surface area contributed by atoms with Crippen molar-refractivity contribution in [3.05, 3.63) is 29.6 Å². The molecule has 2 unspecified atom stereocenters. The monoisotopic (exact) mass is 281 g/mol. The summed E-state index contributed by atoms with van der Waals surface area (Å²) in [7, 11) is 0. The number of benzene rings is 1. The van der Waals surface area contributed by atoms with Gasteiger partial charge in [-0.05, 0) is 43.0 Å². The second-order valence-corrected chi connectivity index (χ2v) is 6.90. The number of hydrogen-bond acceptors (Lipinski definition) is 2. The van der Waals surface area contributed by atoms with E-state index in [-0.39, 0.29) is 5.82 Å². The van der Waals surface area contributed by atoms with Crippen LogP contribution in [0.2, 0.25) is 0 Å². The van der Waals surface area contributed by atoms with E-state index in [1.165, 1.54) is 25.7 Å².